The molecule has 1 aliphatic carbocycles. The number of hydrogen-bond donors (Lipinski definition) is 1. The molecule has 0 aromatic heterocycles. The highest BCUT2D eigenvalue weighted by molar-refractivity contribution is 5.82. The molecule has 2 fully saturated rings. The van der Waals surface area contributed by atoms with Gasteiger partial charge in [-0.3, -0.25) is 4.79 Å². The average Bonchev–Trinajstić information content (AvgIpc) is 3.58. The number of alkyl halides is 3. The Morgan fingerprint density at radius 3 is 2.38 bits per heavy atom. The van der Waals surface area contributed by atoms with Crippen LogP contribution in [0.3, 0.4) is 0 Å². The van der Waals surface area contributed by atoms with Crippen molar-refractivity contribution in [3.63, 3.8) is 0 Å². The molecule has 1 heterocycles. The van der Waals surface area contributed by atoms with Gasteiger partial charge in [0.05, 0.1) is 6.61 Å². The summed E-state index contributed by atoms with van der Waals surface area (Å²) in [5.74, 6) is -2.39. The number of piperidine rings is 1. The van der Waals surface area contributed by atoms with Gasteiger partial charge in [-0.1, -0.05) is 42.5 Å². The van der Waals surface area contributed by atoms with Crippen molar-refractivity contribution in [1.82, 2.24) is 10.2 Å². The summed E-state index contributed by atoms with van der Waals surface area (Å²) in [7, 11) is 0. The second kappa shape index (κ2) is 9.10. The van der Waals surface area contributed by atoms with Crippen molar-refractivity contribution in [3.8, 4) is 5.75 Å². The van der Waals surface area contributed by atoms with E-state index in [4.69, 9.17) is 4.74 Å². The summed E-state index contributed by atoms with van der Waals surface area (Å²) in [5.41, 5.74) is 0.234. The van der Waals surface area contributed by atoms with Gasteiger partial charge < -0.3 is 15.0 Å². The van der Waals surface area contributed by atoms with E-state index in [1.807, 2.05) is 30.3 Å². The zero-order valence-electron chi connectivity index (χ0n) is 17.6. The number of nitrogens with one attached hydrogen (secondary N) is 1. The van der Waals surface area contributed by atoms with Crippen LogP contribution in [0.5, 0.6) is 5.75 Å². The van der Waals surface area contributed by atoms with E-state index in [0.29, 0.717) is 32.4 Å². The van der Waals surface area contributed by atoms with Crippen LogP contribution in [0, 0.1) is 11.2 Å². The Kier molecular flexibility index (Phi) is 6.42. The predicted octanol–water partition coefficient (Wildman–Crippen LogP) is 4.52. The van der Waals surface area contributed by atoms with Gasteiger partial charge in [0.2, 0.25) is 0 Å². The molecular weight excluding hydrogens is 424 g/mol. The van der Waals surface area contributed by atoms with Gasteiger partial charge in [-0.05, 0) is 50.0 Å². The van der Waals surface area contributed by atoms with E-state index in [1.54, 1.807) is 12.1 Å². The smallest absolute Gasteiger partial charge is 0.471 e. The Hall–Kier alpha value is -2.61. The Balaban J connectivity index is 1.56. The van der Waals surface area contributed by atoms with Crippen molar-refractivity contribution in [1.29, 1.82) is 0 Å². The molecule has 8 heteroatoms. The number of hydrogen-bond acceptors (Lipinski definition) is 3. The highest BCUT2D eigenvalue weighted by Crippen LogP contribution is 2.47. The maximum absolute atomic E-state index is 14.0. The van der Waals surface area contributed by atoms with Crippen LogP contribution < -0.4 is 10.1 Å². The minimum Gasteiger partial charge on any atom is -0.490 e. The van der Waals surface area contributed by atoms with Crippen LogP contribution in [0.2, 0.25) is 0 Å². The standard InChI is InChI=1S/C24H26F4N2O2/c25-19-8-4-5-9-21(19)32-16-23(10-12-29-13-11-23)15-30(22(31)24(26,27)28)20-14-18(20)17-6-2-1-3-7-17/h1-9,18,20,29H,10-16H2/t18?,20-/m1/s1. The van der Waals surface area contributed by atoms with Crippen molar-refractivity contribution in [2.75, 3.05) is 26.2 Å². The first-order valence-corrected chi connectivity index (χ1v) is 10.8. The summed E-state index contributed by atoms with van der Waals surface area (Å²) in [6.07, 6.45) is -3.39. The van der Waals surface area contributed by atoms with Gasteiger partial charge in [0.1, 0.15) is 0 Å². The number of ether oxygens (including phenoxy) is 1. The molecule has 4 nitrogen and oxygen atoms in total. The number of amides is 1. The molecule has 1 amide bonds. The van der Waals surface area contributed by atoms with Gasteiger partial charge >= 0.3 is 12.1 Å². The van der Waals surface area contributed by atoms with Crippen molar-refractivity contribution < 1.29 is 27.1 Å². The number of nitrogens with zero attached hydrogens (tertiary/aromatic N) is 1. The van der Waals surface area contributed by atoms with Gasteiger partial charge in [-0.25, -0.2) is 4.39 Å². The Bertz CT molecular complexity index is 929. The van der Waals surface area contributed by atoms with E-state index in [1.165, 1.54) is 12.1 Å². The summed E-state index contributed by atoms with van der Waals surface area (Å²) in [4.78, 5) is 13.4. The minimum absolute atomic E-state index is 0.0416. The molecule has 1 aliphatic heterocycles. The molecule has 0 radical (unpaired) electrons. The lowest BCUT2D eigenvalue weighted by Crippen LogP contribution is -2.53. The van der Waals surface area contributed by atoms with Crippen molar-refractivity contribution in [3.05, 3.63) is 66.0 Å². The number of halogens is 4. The molecule has 1 saturated heterocycles. The third kappa shape index (κ3) is 5.06. The number of carbonyl (C=O) groups is 1. The van der Waals surface area contributed by atoms with Crippen LogP contribution in [-0.2, 0) is 4.79 Å². The van der Waals surface area contributed by atoms with Crippen LogP contribution >= 0.6 is 0 Å². The van der Waals surface area contributed by atoms with E-state index in [2.05, 4.69) is 5.32 Å². The van der Waals surface area contributed by atoms with Crippen LogP contribution in [-0.4, -0.2) is 49.3 Å². The fourth-order valence-electron chi connectivity index (χ4n) is 4.55. The van der Waals surface area contributed by atoms with E-state index in [-0.39, 0.29) is 24.8 Å². The second-order valence-corrected chi connectivity index (χ2v) is 8.72. The van der Waals surface area contributed by atoms with E-state index >= 15 is 0 Å². The quantitative estimate of drug-likeness (QED) is 0.631. The van der Waals surface area contributed by atoms with Crippen LogP contribution in [0.15, 0.2) is 54.6 Å². The van der Waals surface area contributed by atoms with Gasteiger partial charge in [0, 0.05) is 23.9 Å². The first-order chi connectivity index (χ1) is 15.3. The zero-order valence-corrected chi connectivity index (χ0v) is 17.6. The van der Waals surface area contributed by atoms with Gasteiger partial charge in [0.25, 0.3) is 0 Å². The van der Waals surface area contributed by atoms with Gasteiger partial charge in [-0.2, -0.15) is 13.2 Å². The fourth-order valence-corrected chi connectivity index (χ4v) is 4.55. The summed E-state index contributed by atoms with van der Waals surface area (Å²) in [6.45, 7) is 1.17. The molecule has 1 N–H and O–H groups in total. The molecule has 0 spiro atoms. The summed E-state index contributed by atoms with van der Waals surface area (Å²) < 4.78 is 60.3. The fraction of sp³-hybridized carbons (Fsp3) is 0.458. The normalized spacial score (nSPS) is 22.2. The molecule has 2 aliphatic rings. The summed E-state index contributed by atoms with van der Waals surface area (Å²) in [5, 5.41) is 3.21. The van der Waals surface area contributed by atoms with Crippen LogP contribution in [0.1, 0.15) is 30.7 Å². The van der Waals surface area contributed by atoms with Crippen LogP contribution in [0.4, 0.5) is 17.6 Å². The first-order valence-electron chi connectivity index (χ1n) is 10.8. The lowest BCUT2D eigenvalue weighted by molar-refractivity contribution is -0.188. The largest absolute Gasteiger partial charge is 0.490 e. The average molecular weight is 450 g/mol. The molecular formula is C24H26F4N2O2. The number of rotatable bonds is 7. The second-order valence-electron chi connectivity index (χ2n) is 8.72. The van der Waals surface area contributed by atoms with E-state index in [9.17, 15) is 22.4 Å². The third-order valence-corrected chi connectivity index (χ3v) is 6.43. The molecule has 0 bridgehead atoms. The molecule has 1 saturated carbocycles. The molecule has 32 heavy (non-hydrogen) atoms. The lowest BCUT2D eigenvalue weighted by Gasteiger charge is -2.41. The Labute approximate surface area is 184 Å². The zero-order chi connectivity index (χ0) is 22.8. The highest BCUT2D eigenvalue weighted by atomic mass is 19.4. The Morgan fingerprint density at radius 1 is 1.06 bits per heavy atom. The van der Waals surface area contributed by atoms with Crippen LogP contribution in [0.25, 0.3) is 0 Å². The van der Waals surface area contributed by atoms with E-state index < -0.39 is 29.4 Å². The topological polar surface area (TPSA) is 41.6 Å². The van der Waals surface area contributed by atoms with Gasteiger partial charge in [0.15, 0.2) is 11.6 Å². The third-order valence-electron chi connectivity index (χ3n) is 6.43. The number of benzene rings is 2. The predicted molar refractivity (Wildman–Crippen MR) is 112 cm³/mol. The molecule has 4 rings (SSSR count). The monoisotopic (exact) mass is 450 g/mol. The highest BCUT2D eigenvalue weighted by Gasteiger charge is 2.54. The molecule has 2 aromatic carbocycles. The summed E-state index contributed by atoms with van der Waals surface area (Å²) >= 11 is 0. The maximum atomic E-state index is 14.0. The maximum Gasteiger partial charge on any atom is 0.471 e. The van der Waals surface area contributed by atoms with Crippen molar-refractivity contribution in [2.24, 2.45) is 5.41 Å². The molecule has 2 atom stereocenters. The summed E-state index contributed by atoms with van der Waals surface area (Å²) in [6, 6.07) is 14.7. The lowest BCUT2D eigenvalue weighted by atomic mass is 9.79. The number of carbonyl (C=O) groups excluding carboxylic acids is 1. The van der Waals surface area contributed by atoms with Crippen molar-refractivity contribution >= 4 is 5.91 Å². The first kappa shape index (κ1) is 22.6. The minimum atomic E-state index is -4.95. The molecule has 2 aromatic rings. The van der Waals surface area contributed by atoms with Gasteiger partial charge in [-0.15, -0.1) is 0 Å². The molecule has 1 unspecified atom stereocenters. The SMILES string of the molecule is O=C(N(CC1(COc2ccccc2F)CCNCC1)[C@@H]1CC1c1ccccc1)C(F)(F)F. The number of para-hydroxylation sites is 1. The molecule has 172 valence electrons. The Morgan fingerprint density at radius 2 is 1.72 bits per heavy atom. The van der Waals surface area contributed by atoms with Crippen molar-refractivity contribution in [2.45, 2.75) is 37.4 Å². The van der Waals surface area contributed by atoms with E-state index in [0.717, 1.165) is 10.5 Å².